The van der Waals surface area contributed by atoms with Crippen molar-refractivity contribution in [3.05, 3.63) is 34.9 Å². The van der Waals surface area contributed by atoms with Crippen molar-refractivity contribution in [2.75, 3.05) is 13.1 Å². The number of benzene rings is 1. The van der Waals surface area contributed by atoms with Crippen LogP contribution in [-0.2, 0) is 22.7 Å². The maximum atomic E-state index is 12.9. The van der Waals surface area contributed by atoms with Gasteiger partial charge in [0.2, 0.25) is 11.8 Å². The summed E-state index contributed by atoms with van der Waals surface area (Å²) in [7, 11) is 0. The van der Waals surface area contributed by atoms with Crippen molar-refractivity contribution in [1.29, 1.82) is 0 Å². The average molecular weight is 399 g/mol. The molecule has 0 radical (unpaired) electrons. The fraction of sp³-hybridized carbons (Fsp3) is 0.591. The lowest BCUT2D eigenvalue weighted by molar-refractivity contribution is -0.136. The highest BCUT2D eigenvalue weighted by molar-refractivity contribution is 6.05. The van der Waals surface area contributed by atoms with Crippen molar-refractivity contribution >= 4 is 17.7 Å². The van der Waals surface area contributed by atoms with Crippen LogP contribution < -0.4 is 16.0 Å². The fourth-order valence-corrected chi connectivity index (χ4v) is 4.99. The molecular formula is C22H30N4O3. The van der Waals surface area contributed by atoms with Crippen molar-refractivity contribution in [3.8, 4) is 0 Å². The summed E-state index contributed by atoms with van der Waals surface area (Å²) in [6, 6.07) is 5.41. The number of hydrogen-bond acceptors (Lipinski definition) is 5. The van der Waals surface area contributed by atoms with Crippen LogP contribution >= 0.6 is 0 Å². The van der Waals surface area contributed by atoms with Gasteiger partial charge in [0.05, 0.1) is 0 Å². The molecule has 156 valence electrons. The summed E-state index contributed by atoms with van der Waals surface area (Å²) in [5.74, 6) is -0.756. The van der Waals surface area contributed by atoms with Gasteiger partial charge in [-0.3, -0.25) is 19.7 Å². The van der Waals surface area contributed by atoms with Crippen molar-refractivity contribution in [1.82, 2.24) is 20.9 Å². The van der Waals surface area contributed by atoms with E-state index in [0.29, 0.717) is 25.1 Å². The Balaban J connectivity index is 1.38. The van der Waals surface area contributed by atoms with Gasteiger partial charge in [0, 0.05) is 43.7 Å². The lowest BCUT2D eigenvalue weighted by Gasteiger charge is -2.29. The molecule has 0 aromatic heterocycles. The minimum atomic E-state index is -0.563. The van der Waals surface area contributed by atoms with Crippen LogP contribution in [0.2, 0.25) is 0 Å². The SMILES string of the molecule is CC1(CNCc2ccc3c(c2)C(=O)N(C2CCC(=O)NC2=O)C3)CNC(C)(C)C1. The number of amides is 3. The maximum absolute atomic E-state index is 12.9. The van der Waals surface area contributed by atoms with Crippen LogP contribution in [0.15, 0.2) is 18.2 Å². The molecule has 3 N–H and O–H groups in total. The second-order valence-electron chi connectivity index (χ2n) is 9.72. The van der Waals surface area contributed by atoms with Gasteiger partial charge in [-0.2, -0.15) is 0 Å². The highest BCUT2D eigenvalue weighted by atomic mass is 16.2. The molecule has 2 fully saturated rings. The summed E-state index contributed by atoms with van der Waals surface area (Å²) < 4.78 is 0. The Labute approximate surface area is 171 Å². The van der Waals surface area contributed by atoms with Crippen LogP contribution in [0.25, 0.3) is 0 Å². The number of piperidine rings is 1. The van der Waals surface area contributed by atoms with Crippen LogP contribution in [0, 0.1) is 5.41 Å². The summed E-state index contributed by atoms with van der Waals surface area (Å²) in [5.41, 5.74) is 3.08. The quantitative estimate of drug-likeness (QED) is 0.651. The molecule has 2 atom stereocenters. The molecule has 3 aliphatic rings. The van der Waals surface area contributed by atoms with E-state index in [9.17, 15) is 14.4 Å². The molecule has 0 bridgehead atoms. The maximum Gasteiger partial charge on any atom is 0.255 e. The zero-order chi connectivity index (χ0) is 20.8. The van der Waals surface area contributed by atoms with E-state index in [4.69, 9.17) is 0 Å². The summed E-state index contributed by atoms with van der Waals surface area (Å²) >= 11 is 0. The smallest absolute Gasteiger partial charge is 0.255 e. The van der Waals surface area contributed by atoms with E-state index in [-0.39, 0.29) is 35.1 Å². The lowest BCUT2D eigenvalue weighted by atomic mass is 9.84. The van der Waals surface area contributed by atoms with Crippen molar-refractivity contribution in [3.63, 3.8) is 0 Å². The van der Waals surface area contributed by atoms with Crippen LogP contribution in [0.3, 0.4) is 0 Å². The molecule has 3 amide bonds. The van der Waals surface area contributed by atoms with E-state index in [1.807, 2.05) is 18.2 Å². The van der Waals surface area contributed by atoms with E-state index >= 15 is 0 Å². The minimum absolute atomic E-state index is 0.120. The van der Waals surface area contributed by atoms with Gasteiger partial charge in [-0.05, 0) is 49.3 Å². The summed E-state index contributed by atoms with van der Waals surface area (Å²) in [6.45, 7) is 9.80. The molecule has 3 heterocycles. The first-order valence-electron chi connectivity index (χ1n) is 10.4. The number of fused-ring (bicyclic) bond motifs is 1. The Hall–Kier alpha value is -2.25. The van der Waals surface area contributed by atoms with Gasteiger partial charge in [-0.1, -0.05) is 19.1 Å². The Morgan fingerprint density at radius 2 is 2.00 bits per heavy atom. The summed E-state index contributed by atoms with van der Waals surface area (Å²) in [5, 5.41) is 9.46. The molecule has 0 aliphatic carbocycles. The first-order valence-corrected chi connectivity index (χ1v) is 10.4. The standard InChI is InChI=1S/C22H30N4O3/c1-21(2)11-22(3,13-24-21)12-23-9-14-4-5-15-10-26(20(29)16(15)8-14)17-6-7-18(27)25-19(17)28/h4-5,8,17,23-24H,6-7,9-13H2,1-3H3,(H,25,27,28). The van der Waals surface area contributed by atoms with E-state index in [2.05, 4.69) is 36.7 Å². The largest absolute Gasteiger partial charge is 0.322 e. The summed E-state index contributed by atoms with van der Waals surface area (Å²) in [4.78, 5) is 38.1. The Kier molecular flexibility index (Phi) is 4.99. The van der Waals surface area contributed by atoms with Crippen molar-refractivity contribution in [2.45, 2.75) is 64.7 Å². The molecule has 7 heteroatoms. The van der Waals surface area contributed by atoms with Gasteiger partial charge < -0.3 is 15.5 Å². The topological polar surface area (TPSA) is 90.5 Å². The van der Waals surface area contributed by atoms with Crippen molar-refractivity contribution < 1.29 is 14.4 Å². The Morgan fingerprint density at radius 1 is 1.21 bits per heavy atom. The van der Waals surface area contributed by atoms with Gasteiger partial charge in [0.15, 0.2) is 0 Å². The number of carbonyl (C=O) groups excluding carboxylic acids is 3. The van der Waals surface area contributed by atoms with Crippen LogP contribution in [-0.4, -0.2) is 47.3 Å². The number of carbonyl (C=O) groups is 3. The number of nitrogens with zero attached hydrogens (tertiary/aromatic N) is 1. The third-order valence-electron chi connectivity index (χ3n) is 6.34. The highest BCUT2D eigenvalue weighted by Gasteiger charge is 2.40. The lowest BCUT2D eigenvalue weighted by Crippen LogP contribution is -2.52. The van der Waals surface area contributed by atoms with Gasteiger partial charge in [-0.25, -0.2) is 0 Å². The van der Waals surface area contributed by atoms with Gasteiger partial charge in [-0.15, -0.1) is 0 Å². The van der Waals surface area contributed by atoms with E-state index in [1.165, 1.54) is 0 Å². The average Bonchev–Trinajstić information content (AvgIpc) is 3.11. The molecule has 1 aromatic rings. The first kappa shape index (κ1) is 20.0. The molecule has 1 aromatic carbocycles. The predicted octanol–water partition coefficient (Wildman–Crippen LogP) is 1.32. The predicted molar refractivity (Wildman–Crippen MR) is 109 cm³/mol. The molecular weight excluding hydrogens is 368 g/mol. The van der Waals surface area contributed by atoms with E-state index < -0.39 is 6.04 Å². The molecule has 0 saturated carbocycles. The summed E-state index contributed by atoms with van der Waals surface area (Å²) in [6.07, 6.45) is 1.79. The van der Waals surface area contributed by atoms with Crippen LogP contribution in [0.1, 0.15) is 61.5 Å². The normalized spacial score (nSPS) is 28.6. The van der Waals surface area contributed by atoms with Crippen LogP contribution in [0.4, 0.5) is 0 Å². The fourth-order valence-electron chi connectivity index (χ4n) is 4.99. The third-order valence-corrected chi connectivity index (χ3v) is 6.34. The molecule has 4 rings (SSSR count). The molecule has 7 nitrogen and oxygen atoms in total. The molecule has 0 spiro atoms. The minimum Gasteiger partial charge on any atom is -0.322 e. The number of imide groups is 1. The zero-order valence-electron chi connectivity index (χ0n) is 17.4. The number of rotatable bonds is 5. The second kappa shape index (κ2) is 7.22. The first-order chi connectivity index (χ1) is 13.7. The van der Waals surface area contributed by atoms with E-state index in [1.54, 1.807) is 4.90 Å². The van der Waals surface area contributed by atoms with E-state index in [0.717, 1.165) is 30.6 Å². The number of nitrogens with one attached hydrogen (secondary N) is 3. The van der Waals surface area contributed by atoms with Gasteiger partial charge in [0.25, 0.3) is 5.91 Å². The van der Waals surface area contributed by atoms with Crippen molar-refractivity contribution in [2.24, 2.45) is 5.41 Å². The Bertz CT molecular complexity index is 866. The van der Waals surface area contributed by atoms with Crippen LogP contribution in [0.5, 0.6) is 0 Å². The molecule has 2 unspecified atom stereocenters. The third kappa shape index (κ3) is 4.07. The monoisotopic (exact) mass is 398 g/mol. The highest BCUT2D eigenvalue weighted by Crippen LogP contribution is 2.34. The molecule has 2 saturated heterocycles. The Morgan fingerprint density at radius 3 is 2.69 bits per heavy atom. The molecule has 29 heavy (non-hydrogen) atoms. The zero-order valence-corrected chi connectivity index (χ0v) is 17.4. The van der Waals surface area contributed by atoms with Gasteiger partial charge in [0.1, 0.15) is 6.04 Å². The second-order valence-corrected chi connectivity index (χ2v) is 9.72. The number of hydrogen-bond donors (Lipinski definition) is 3. The molecule has 3 aliphatic heterocycles. The van der Waals surface area contributed by atoms with Gasteiger partial charge >= 0.3 is 0 Å².